The van der Waals surface area contributed by atoms with Crippen LogP contribution in [-0.2, 0) is 0 Å². The number of rotatable bonds is 8. The van der Waals surface area contributed by atoms with E-state index in [2.05, 4.69) is 31.0 Å². The topological polar surface area (TPSA) is 15.3 Å². The predicted molar refractivity (Wildman–Crippen MR) is 67.2 cm³/mol. The van der Waals surface area contributed by atoms with Gasteiger partial charge in [0.1, 0.15) is 0 Å². The molecule has 0 aromatic carbocycles. The maximum atomic E-state index is 3.30. The zero-order valence-corrected chi connectivity index (χ0v) is 11.0. The molecule has 90 valence electrons. The maximum Gasteiger partial charge on any atom is 0.00449 e. The van der Waals surface area contributed by atoms with Gasteiger partial charge in [-0.1, -0.05) is 20.8 Å². The highest BCUT2D eigenvalue weighted by atomic mass is 15.1. The zero-order chi connectivity index (χ0) is 11.3. The first-order valence-electron chi connectivity index (χ1n) is 6.44. The lowest BCUT2D eigenvalue weighted by Gasteiger charge is -2.32. The molecular formula is C13H28N2. The molecule has 1 aliphatic rings. The van der Waals surface area contributed by atoms with E-state index in [1.807, 2.05) is 7.05 Å². The highest BCUT2D eigenvalue weighted by Crippen LogP contribution is 2.30. The van der Waals surface area contributed by atoms with Crippen LogP contribution >= 0.6 is 0 Å². The van der Waals surface area contributed by atoms with Crippen LogP contribution in [0.15, 0.2) is 0 Å². The van der Waals surface area contributed by atoms with E-state index in [9.17, 15) is 0 Å². The molecule has 0 amide bonds. The van der Waals surface area contributed by atoms with Gasteiger partial charge in [0.05, 0.1) is 0 Å². The summed E-state index contributed by atoms with van der Waals surface area (Å²) in [5.41, 5.74) is 0.402. The van der Waals surface area contributed by atoms with Gasteiger partial charge in [0.2, 0.25) is 0 Å². The van der Waals surface area contributed by atoms with Crippen LogP contribution in [0, 0.1) is 11.3 Å². The number of hydrogen-bond acceptors (Lipinski definition) is 2. The van der Waals surface area contributed by atoms with Crippen molar-refractivity contribution in [2.45, 2.75) is 40.0 Å². The summed E-state index contributed by atoms with van der Waals surface area (Å²) in [6.07, 6.45) is 4.21. The minimum absolute atomic E-state index is 0.402. The molecule has 0 unspecified atom stereocenters. The Labute approximate surface area is 95.4 Å². The van der Waals surface area contributed by atoms with Crippen LogP contribution in [-0.4, -0.2) is 38.1 Å². The van der Waals surface area contributed by atoms with Crippen LogP contribution in [0.5, 0.6) is 0 Å². The van der Waals surface area contributed by atoms with E-state index < -0.39 is 0 Å². The molecule has 2 heteroatoms. The molecule has 0 heterocycles. The molecule has 0 bridgehead atoms. The Balaban J connectivity index is 2.33. The lowest BCUT2D eigenvalue weighted by Crippen LogP contribution is -2.40. The lowest BCUT2D eigenvalue weighted by atomic mass is 9.92. The van der Waals surface area contributed by atoms with Gasteiger partial charge in [-0.15, -0.1) is 0 Å². The van der Waals surface area contributed by atoms with E-state index in [4.69, 9.17) is 0 Å². The highest BCUT2D eigenvalue weighted by molar-refractivity contribution is 4.81. The van der Waals surface area contributed by atoms with Gasteiger partial charge < -0.3 is 10.2 Å². The molecule has 1 fully saturated rings. The molecule has 1 rings (SSSR count). The van der Waals surface area contributed by atoms with Gasteiger partial charge in [0, 0.05) is 19.6 Å². The molecule has 0 aromatic rings. The quantitative estimate of drug-likeness (QED) is 0.664. The van der Waals surface area contributed by atoms with Crippen LogP contribution in [0.3, 0.4) is 0 Å². The first-order valence-corrected chi connectivity index (χ1v) is 6.44. The Morgan fingerprint density at radius 3 is 2.47 bits per heavy atom. The summed E-state index contributed by atoms with van der Waals surface area (Å²) in [6.45, 7) is 11.9. The molecule has 15 heavy (non-hydrogen) atoms. The molecule has 1 aliphatic carbocycles. The fraction of sp³-hybridized carbons (Fsp3) is 1.00. The number of hydrogen-bond donors (Lipinski definition) is 1. The third-order valence-electron chi connectivity index (χ3n) is 3.06. The van der Waals surface area contributed by atoms with E-state index in [0.29, 0.717) is 5.41 Å². The third-order valence-corrected chi connectivity index (χ3v) is 3.06. The Morgan fingerprint density at radius 2 is 2.00 bits per heavy atom. The second-order valence-electron chi connectivity index (χ2n) is 5.87. The van der Waals surface area contributed by atoms with Gasteiger partial charge >= 0.3 is 0 Å². The van der Waals surface area contributed by atoms with Crippen molar-refractivity contribution in [1.82, 2.24) is 10.2 Å². The summed E-state index contributed by atoms with van der Waals surface area (Å²) in [4.78, 5) is 2.66. The average Bonchev–Trinajstić information content (AvgIpc) is 2.87. The van der Waals surface area contributed by atoms with Gasteiger partial charge in [0.25, 0.3) is 0 Å². The molecule has 0 saturated heterocycles. The fourth-order valence-corrected chi connectivity index (χ4v) is 2.36. The van der Waals surface area contributed by atoms with Crippen LogP contribution in [0.4, 0.5) is 0 Å². The molecule has 1 N–H and O–H groups in total. The summed E-state index contributed by atoms with van der Waals surface area (Å²) in [5.74, 6) is 1.02. The van der Waals surface area contributed by atoms with Crippen molar-refractivity contribution in [1.29, 1.82) is 0 Å². The smallest absolute Gasteiger partial charge is 0.00449 e. The van der Waals surface area contributed by atoms with Crippen molar-refractivity contribution in [2.24, 2.45) is 11.3 Å². The molecule has 0 aromatic heterocycles. The summed E-state index contributed by atoms with van der Waals surface area (Å²) in [7, 11) is 2.05. The number of nitrogens with one attached hydrogen (secondary N) is 1. The molecule has 0 aliphatic heterocycles. The average molecular weight is 212 g/mol. The first-order chi connectivity index (χ1) is 7.07. The largest absolute Gasteiger partial charge is 0.319 e. The van der Waals surface area contributed by atoms with Crippen molar-refractivity contribution in [3.05, 3.63) is 0 Å². The summed E-state index contributed by atoms with van der Waals surface area (Å²) in [6, 6.07) is 0. The normalized spacial score (nSPS) is 17.4. The SMILES string of the molecule is CCCN(CC1CC1)CC(C)(C)CNC. The number of nitrogens with zero attached hydrogens (tertiary/aromatic N) is 1. The van der Waals surface area contributed by atoms with Crippen LogP contribution < -0.4 is 5.32 Å². The van der Waals surface area contributed by atoms with Crippen molar-refractivity contribution in [3.63, 3.8) is 0 Å². The molecule has 0 atom stereocenters. The lowest BCUT2D eigenvalue weighted by molar-refractivity contribution is 0.170. The summed E-state index contributed by atoms with van der Waals surface area (Å²) < 4.78 is 0. The van der Waals surface area contributed by atoms with Gasteiger partial charge in [-0.05, 0) is 44.2 Å². The standard InChI is InChI=1S/C13H28N2/c1-5-8-15(9-12-6-7-12)11-13(2,3)10-14-4/h12,14H,5-11H2,1-4H3. The Hall–Kier alpha value is -0.0800. The Kier molecular flexibility index (Phi) is 5.07. The maximum absolute atomic E-state index is 3.30. The molecule has 0 radical (unpaired) electrons. The van der Waals surface area contributed by atoms with Gasteiger partial charge in [0.15, 0.2) is 0 Å². The van der Waals surface area contributed by atoms with Crippen LogP contribution in [0.2, 0.25) is 0 Å². The minimum Gasteiger partial charge on any atom is -0.319 e. The second kappa shape index (κ2) is 5.86. The van der Waals surface area contributed by atoms with Crippen molar-refractivity contribution < 1.29 is 0 Å². The van der Waals surface area contributed by atoms with Gasteiger partial charge in [-0.2, -0.15) is 0 Å². The van der Waals surface area contributed by atoms with Crippen molar-refractivity contribution >= 4 is 0 Å². The van der Waals surface area contributed by atoms with Gasteiger partial charge in [-0.25, -0.2) is 0 Å². The predicted octanol–water partition coefficient (Wildman–Crippen LogP) is 2.35. The van der Waals surface area contributed by atoms with Crippen LogP contribution in [0.25, 0.3) is 0 Å². The van der Waals surface area contributed by atoms with E-state index in [-0.39, 0.29) is 0 Å². The highest BCUT2D eigenvalue weighted by Gasteiger charge is 2.27. The monoisotopic (exact) mass is 212 g/mol. The summed E-state index contributed by atoms with van der Waals surface area (Å²) >= 11 is 0. The zero-order valence-electron chi connectivity index (χ0n) is 11.0. The summed E-state index contributed by atoms with van der Waals surface area (Å²) in [5, 5.41) is 3.30. The van der Waals surface area contributed by atoms with Crippen molar-refractivity contribution in [3.8, 4) is 0 Å². The van der Waals surface area contributed by atoms with Crippen molar-refractivity contribution in [2.75, 3.05) is 33.2 Å². The van der Waals surface area contributed by atoms with Crippen LogP contribution in [0.1, 0.15) is 40.0 Å². The minimum atomic E-state index is 0.402. The van der Waals surface area contributed by atoms with E-state index in [1.54, 1.807) is 0 Å². The fourth-order valence-electron chi connectivity index (χ4n) is 2.36. The third kappa shape index (κ3) is 5.53. The second-order valence-corrected chi connectivity index (χ2v) is 5.87. The van der Waals surface area contributed by atoms with E-state index >= 15 is 0 Å². The van der Waals surface area contributed by atoms with E-state index in [0.717, 1.165) is 12.5 Å². The molecule has 0 spiro atoms. The molecular weight excluding hydrogens is 184 g/mol. The first kappa shape index (κ1) is 13.0. The Morgan fingerprint density at radius 1 is 1.33 bits per heavy atom. The van der Waals surface area contributed by atoms with E-state index in [1.165, 1.54) is 38.9 Å². The van der Waals surface area contributed by atoms with Gasteiger partial charge in [-0.3, -0.25) is 0 Å². The molecule has 2 nitrogen and oxygen atoms in total. The Bertz CT molecular complexity index is 173. The molecule has 1 saturated carbocycles.